The molecule has 0 heterocycles. The molecule has 0 aliphatic heterocycles. The number of allylic oxidation sites excluding steroid dienone is 2. The zero-order valence-electron chi connectivity index (χ0n) is 13.1. The van der Waals surface area contributed by atoms with Gasteiger partial charge in [0.2, 0.25) is 0 Å². The number of aliphatic hydroxyl groups is 1. The van der Waals surface area contributed by atoms with Crippen LogP contribution in [0.3, 0.4) is 0 Å². The van der Waals surface area contributed by atoms with Crippen molar-refractivity contribution >= 4 is 0 Å². The second-order valence-corrected chi connectivity index (χ2v) is 7.19. The predicted molar refractivity (Wildman–Crippen MR) is 82.0 cm³/mol. The van der Waals surface area contributed by atoms with Crippen molar-refractivity contribution < 1.29 is 5.11 Å². The minimum absolute atomic E-state index is 0.399. The smallest absolute Gasteiger partial charge is 0.0642 e. The lowest BCUT2D eigenvalue weighted by Crippen LogP contribution is -2.27. The number of hydrogen-bond donors (Lipinski definition) is 1. The van der Waals surface area contributed by atoms with Crippen LogP contribution in [0.4, 0.5) is 0 Å². The lowest BCUT2D eigenvalue weighted by molar-refractivity contribution is 0.0176. The number of hydrogen-bond acceptors (Lipinski definition) is 1. The Morgan fingerprint density at radius 3 is 2.42 bits per heavy atom. The summed E-state index contributed by atoms with van der Waals surface area (Å²) in [6.45, 7) is 6.58. The molecular weight excluding hydrogens is 232 g/mol. The summed E-state index contributed by atoms with van der Waals surface area (Å²) >= 11 is 0. The molecule has 2 aliphatic carbocycles. The first-order chi connectivity index (χ1) is 9.06. The van der Waals surface area contributed by atoms with Crippen LogP contribution in [0.25, 0.3) is 0 Å². The molecule has 0 saturated heterocycles. The first-order valence-corrected chi connectivity index (χ1v) is 8.47. The molecule has 4 atom stereocenters. The molecule has 0 aromatic carbocycles. The van der Waals surface area contributed by atoms with Gasteiger partial charge in [-0.25, -0.2) is 0 Å². The number of rotatable bonds is 8. The Kier molecular flexibility index (Phi) is 5.11. The molecule has 0 amide bonds. The Hall–Kier alpha value is -0.300. The Bertz CT molecular complexity index is 303. The van der Waals surface area contributed by atoms with Crippen molar-refractivity contribution in [3.63, 3.8) is 0 Å². The second-order valence-electron chi connectivity index (χ2n) is 7.19. The van der Waals surface area contributed by atoms with Crippen LogP contribution in [0.5, 0.6) is 0 Å². The first kappa shape index (κ1) is 15.1. The predicted octanol–water partition coefficient (Wildman–Crippen LogP) is 4.95. The molecule has 1 nitrogen and oxygen atoms in total. The summed E-state index contributed by atoms with van der Waals surface area (Å²) in [5.74, 6) is 3.55. The molecular formula is C18H32O. The van der Waals surface area contributed by atoms with Gasteiger partial charge in [-0.2, -0.15) is 0 Å². The van der Waals surface area contributed by atoms with Gasteiger partial charge in [0, 0.05) is 0 Å². The summed E-state index contributed by atoms with van der Waals surface area (Å²) in [5, 5.41) is 10.3. The van der Waals surface area contributed by atoms with Crippen molar-refractivity contribution in [3.8, 4) is 0 Å². The third kappa shape index (κ3) is 3.84. The average molecular weight is 264 g/mol. The highest BCUT2D eigenvalue weighted by atomic mass is 16.3. The molecule has 2 aliphatic rings. The Labute approximate surface area is 119 Å². The molecule has 19 heavy (non-hydrogen) atoms. The summed E-state index contributed by atoms with van der Waals surface area (Å²) in [6.07, 6.45) is 14.5. The van der Waals surface area contributed by atoms with Gasteiger partial charge in [0.05, 0.1) is 5.60 Å². The molecule has 4 unspecified atom stereocenters. The van der Waals surface area contributed by atoms with E-state index in [4.69, 9.17) is 0 Å². The fourth-order valence-corrected chi connectivity index (χ4v) is 3.99. The number of fused-ring (bicyclic) bond motifs is 2. The van der Waals surface area contributed by atoms with Gasteiger partial charge < -0.3 is 5.11 Å². The SMILES string of the molecule is CCC(O)(CC)CCC(C)CCC1CC2C=CC1C2. The average Bonchev–Trinajstić information content (AvgIpc) is 3.05. The Balaban J connectivity index is 1.65. The minimum Gasteiger partial charge on any atom is -0.390 e. The van der Waals surface area contributed by atoms with Crippen LogP contribution in [0.2, 0.25) is 0 Å². The zero-order chi connectivity index (χ0) is 13.9. The fraction of sp³-hybridized carbons (Fsp3) is 0.889. The molecule has 1 heteroatoms. The van der Waals surface area contributed by atoms with Crippen molar-refractivity contribution in [1.29, 1.82) is 0 Å². The third-order valence-electron chi connectivity index (χ3n) is 5.87. The van der Waals surface area contributed by atoms with Crippen LogP contribution in [-0.4, -0.2) is 10.7 Å². The third-order valence-corrected chi connectivity index (χ3v) is 5.87. The largest absolute Gasteiger partial charge is 0.390 e. The maximum absolute atomic E-state index is 10.3. The molecule has 0 aromatic heterocycles. The van der Waals surface area contributed by atoms with Crippen LogP contribution < -0.4 is 0 Å². The van der Waals surface area contributed by atoms with E-state index in [-0.39, 0.29) is 0 Å². The topological polar surface area (TPSA) is 20.2 Å². The quantitative estimate of drug-likeness (QED) is 0.615. The van der Waals surface area contributed by atoms with E-state index in [1.165, 1.54) is 32.1 Å². The molecule has 2 bridgehead atoms. The maximum Gasteiger partial charge on any atom is 0.0642 e. The lowest BCUT2D eigenvalue weighted by atomic mass is 9.83. The van der Waals surface area contributed by atoms with Gasteiger partial charge in [-0.05, 0) is 68.6 Å². The second kappa shape index (κ2) is 6.43. The summed E-state index contributed by atoms with van der Waals surface area (Å²) in [4.78, 5) is 0. The van der Waals surface area contributed by atoms with Crippen molar-refractivity contribution in [2.45, 2.75) is 77.7 Å². The van der Waals surface area contributed by atoms with E-state index in [9.17, 15) is 5.11 Å². The van der Waals surface area contributed by atoms with E-state index in [2.05, 4.69) is 32.9 Å². The van der Waals surface area contributed by atoms with Crippen molar-refractivity contribution in [3.05, 3.63) is 12.2 Å². The summed E-state index contributed by atoms with van der Waals surface area (Å²) in [6, 6.07) is 0. The molecule has 0 radical (unpaired) electrons. The molecule has 0 aromatic rings. The summed E-state index contributed by atoms with van der Waals surface area (Å²) < 4.78 is 0. The van der Waals surface area contributed by atoms with Crippen LogP contribution in [-0.2, 0) is 0 Å². The van der Waals surface area contributed by atoms with E-state index in [1.54, 1.807) is 0 Å². The lowest BCUT2D eigenvalue weighted by Gasteiger charge is -2.27. The Morgan fingerprint density at radius 1 is 1.16 bits per heavy atom. The molecule has 2 rings (SSSR count). The Morgan fingerprint density at radius 2 is 1.89 bits per heavy atom. The van der Waals surface area contributed by atoms with Gasteiger partial charge in [0.15, 0.2) is 0 Å². The van der Waals surface area contributed by atoms with Crippen LogP contribution in [0.1, 0.15) is 72.1 Å². The van der Waals surface area contributed by atoms with Gasteiger partial charge in [0.1, 0.15) is 0 Å². The fourth-order valence-electron chi connectivity index (χ4n) is 3.99. The summed E-state index contributed by atoms with van der Waals surface area (Å²) in [7, 11) is 0. The zero-order valence-corrected chi connectivity index (χ0v) is 13.1. The standard InChI is InChI=1S/C18H32O/c1-4-18(19,5-2)11-10-14(3)6-8-16-12-15-7-9-17(16)13-15/h7,9,14-17,19H,4-6,8,10-13H2,1-3H3. The van der Waals surface area contributed by atoms with Crippen molar-refractivity contribution in [1.82, 2.24) is 0 Å². The van der Waals surface area contributed by atoms with Gasteiger partial charge in [-0.15, -0.1) is 0 Å². The van der Waals surface area contributed by atoms with E-state index in [0.717, 1.165) is 42.9 Å². The van der Waals surface area contributed by atoms with Gasteiger partial charge in [0.25, 0.3) is 0 Å². The molecule has 110 valence electrons. The molecule has 1 N–H and O–H groups in total. The molecule has 0 spiro atoms. The highest BCUT2D eigenvalue weighted by Gasteiger charge is 2.35. The van der Waals surface area contributed by atoms with Crippen LogP contribution in [0.15, 0.2) is 12.2 Å². The highest BCUT2D eigenvalue weighted by molar-refractivity contribution is 5.09. The van der Waals surface area contributed by atoms with Gasteiger partial charge in [-0.3, -0.25) is 0 Å². The van der Waals surface area contributed by atoms with E-state index < -0.39 is 5.60 Å². The van der Waals surface area contributed by atoms with E-state index >= 15 is 0 Å². The van der Waals surface area contributed by atoms with Crippen molar-refractivity contribution in [2.24, 2.45) is 23.7 Å². The molecule has 1 saturated carbocycles. The van der Waals surface area contributed by atoms with Gasteiger partial charge >= 0.3 is 0 Å². The van der Waals surface area contributed by atoms with Crippen molar-refractivity contribution in [2.75, 3.05) is 0 Å². The monoisotopic (exact) mass is 264 g/mol. The van der Waals surface area contributed by atoms with Gasteiger partial charge in [-0.1, -0.05) is 39.3 Å². The van der Waals surface area contributed by atoms with E-state index in [0.29, 0.717) is 0 Å². The molecule has 1 fully saturated rings. The van der Waals surface area contributed by atoms with Crippen LogP contribution >= 0.6 is 0 Å². The highest BCUT2D eigenvalue weighted by Crippen LogP contribution is 2.45. The van der Waals surface area contributed by atoms with Crippen LogP contribution in [0, 0.1) is 23.7 Å². The first-order valence-electron chi connectivity index (χ1n) is 8.47. The normalized spacial score (nSPS) is 31.1. The van der Waals surface area contributed by atoms with E-state index in [1.807, 2.05) is 0 Å². The maximum atomic E-state index is 10.3. The minimum atomic E-state index is -0.399. The summed E-state index contributed by atoms with van der Waals surface area (Å²) in [5.41, 5.74) is -0.399.